The molecule has 13 heavy (non-hydrogen) atoms. The molecule has 0 radical (unpaired) electrons. The zero-order valence-electron chi connectivity index (χ0n) is 6.73. The minimum Gasteiger partial charge on any atom is -0.278 e. The molecule has 2 heterocycles. The average Bonchev–Trinajstić information content (AvgIpc) is 2.72. The zero-order valence-corrected chi connectivity index (χ0v) is 6.73. The number of hydrogen-bond donors (Lipinski definition) is 1. The highest BCUT2D eigenvalue weighted by Crippen LogP contribution is 2.20. The lowest BCUT2D eigenvalue weighted by molar-refractivity contribution is 1.10. The number of hydrogen-bond acceptors (Lipinski definition) is 3. The fourth-order valence-corrected chi connectivity index (χ4v) is 1.40. The standard InChI is InChI=1S/C9H6N4/c1-2-9-7(5-11-13-9)3-6-4-10-12-8(1)6/h1-5H,(H,10,12). The van der Waals surface area contributed by atoms with Gasteiger partial charge >= 0.3 is 0 Å². The molecule has 1 N–H and O–H groups in total. The molecular formula is C9H6N4. The molecule has 0 aromatic carbocycles. The van der Waals surface area contributed by atoms with E-state index in [1.165, 1.54) is 0 Å². The molecule has 1 aliphatic heterocycles. The van der Waals surface area contributed by atoms with Crippen molar-refractivity contribution in [2.45, 2.75) is 0 Å². The maximum absolute atomic E-state index is 3.98. The molecule has 1 aromatic heterocycles. The van der Waals surface area contributed by atoms with Crippen LogP contribution in [0.4, 0.5) is 0 Å². The van der Waals surface area contributed by atoms with Crippen LogP contribution in [0, 0.1) is 0 Å². The van der Waals surface area contributed by atoms with E-state index in [0.29, 0.717) is 0 Å². The first-order valence-electron chi connectivity index (χ1n) is 3.98. The summed E-state index contributed by atoms with van der Waals surface area (Å²) in [5.41, 5.74) is 2.96. The Morgan fingerprint density at radius 3 is 3.15 bits per heavy atom. The van der Waals surface area contributed by atoms with Crippen LogP contribution >= 0.6 is 0 Å². The topological polar surface area (TPSA) is 54.5 Å². The fraction of sp³-hybridized carbons (Fsp3) is 0. The summed E-state index contributed by atoms with van der Waals surface area (Å²) in [6.45, 7) is 0. The Kier molecular flexibility index (Phi) is 1.14. The summed E-state index contributed by atoms with van der Waals surface area (Å²) in [7, 11) is 0. The van der Waals surface area contributed by atoms with Gasteiger partial charge in [-0.3, -0.25) is 5.10 Å². The molecule has 0 fully saturated rings. The van der Waals surface area contributed by atoms with E-state index >= 15 is 0 Å². The molecular weight excluding hydrogens is 164 g/mol. The second-order valence-electron chi connectivity index (χ2n) is 2.90. The van der Waals surface area contributed by atoms with E-state index in [4.69, 9.17) is 0 Å². The Bertz CT molecular complexity index is 528. The monoisotopic (exact) mass is 170 g/mol. The molecule has 4 heteroatoms. The molecule has 4 nitrogen and oxygen atoms in total. The molecule has 1 aromatic rings. The number of rotatable bonds is 0. The molecule has 0 amide bonds. The normalized spacial score (nSPS) is 11.1. The highest BCUT2D eigenvalue weighted by atomic mass is 15.1. The van der Waals surface area contributed by atoms with Crippen molar-refractivity contribution in [3.05, 3.63) is 30.6 Å². The fourth-order valence-electron chi connectivity index (χ4n) is 1.40. The summed E-state index contributed by atoms with van der Waals surface area (Å²) in [5, 5.41) is 15.8. The minimum atomic E-state index is 0.907. The van der Waals surface area contributed by atoms with Gasteiger partial charge in [-0.2, -0.15) is 15.3 Å². The van der Waals surface area contributed by atoms with Gasteiger partial charge in [-0.25, -0.2) is 0 Å². The Morgan fingerprint density at radius 1 is 1.15 bits per heavy atom. The number of nitrogens with zero attached hydrogens (tertiary/aromatic N) is 3. The summed E-state index contributed by atoms with van der Waals surface area (Å²) < 4.78 is 0. The summed E-state index contributed by atoms with van der Waals surface area (Å²) in [6.07, 6.45) is 3.55. The van der Waals surface area contributed by atoms with Gasteiger partial charge in [-0.15, -0.1) is 0 Å². The van der Waals surface area contributed by atoms with Crippen molar-refractivity contribution < 1.29 is 0 Å². The average molecular weight is 170 g/mol. The van der Waals surface area contributed by atoms with Crippen molar-refractivity contribution >= 4 is 10.9 Å². The third kappa shape index (κ3) is 0.885. The molecule has 0 saturated heterocycles. The molecule has 0 saturated carbocycles. The van der Waals surface area contributed by atoms with Crippen LogP contribution in [0.15, 0.2) is 30.6 Å². The van der Waals surface area contributed by atoms with Gasteiger partial charge in [-0.05, 0) is 18.2 Å². The highest BCUT2D eigenvalue weighted by Gasteiger charge is 2.03. The Labute approximate surface area is 74.0 Å². The molecule has 0 unspecified atom stereocenters. The molecule has 2 aliphatic rings. The van der Waals surface area contributed by atoms with Crippen LogP contribution in [-0.2, 0) is 0 Å². The van der Waals surface area contributed by atoms with Crippen molar-refractivity contribution in [3.63, 3.8) is 0 Å². The van der Waals surface area contributed by atoms with Gasteiger partial charge in [0.2, 0.25) is 0 Å². The van der Waals surface area contributed by atoms with Gasteiger partial charge < -0.3 is 0 Å². The predicted molar refractivity (Wildman–Crippen MR) is 48.3 cm³/mol. The van der Waals surface area contributed by atoms with E-state index < -0.39 is 0 Å². The van der Waals surface area contributed by atoms with Crippen molar-refractivity contribution in [3.8, 4) is 11.3 Å². The van der Waals surface area contributed by atoms with Crippen LogP contribution in [0.1, 0.15) is 0 Å². The largest absolute Gasteiger partial charge is 0.278 e. The second kappa shape index (κ2) is 2.26. The molecule has 1 aliphatic carbocycles. The number of aromatic amines is 1. The third-order valence-corrected chi connectivity index (χ3v) is 2.08. The maximum atomic E-state index is 3.98. The van der Waals surface area contributed by atoms with Crippen LogP contribution < -0.4 is 0 Å². The highest BCUT2D eigenvalue weighted by molar-refractivity contribution is 5.82. The summed E-state index contributed by atoms with van der Waals surface area (Å²) in [5.74, 6) is 0. The molecule has 0 bridgehead atoms. The Hall–Kier alpha value is -1.97. The Morgan fingerprint density at radius 2 is 2.15 bits per heavy atom. The van der Waals surface area contributed by atoms with Gasteiger partial charge in [0.25, 0.3) is 0 Å². The van der Waals surface area contributed by atoms with Crippen LogP contribution in [0.5, 0.6) is 0 Å². The third-order valence-electron chi connectivity index (χ3n) is 2.08. The molecule has 3 rings (SSSR count). The van der Waals surface area contributed by atoms with Crippen LogP contribution in [0.3, 0.4) is 0 Å². The number of nitrogens with one attached hydrogen (secondary N) is 1. The van der Waals surface area contributed by atoms with Gasteiger partial charge in [0.1, 0.15) is 0 Å². The van der Waals surface area contributed by atoms with E-state index in [-0.39, 0.29) is 0 Å². The quantitative estimate of drug-likeness (QED) is 0.555. The number of fused-ring (bicyclic) bond motifs is 2. The zero-order chi connectivity index (χ0) is 8.67. The molecule has 0 atom stereocenters. The van der Waals surface area contributed by atoms with E-state index in [1.807, 2.05) is 18.2 Å². The van der Waals surface area contributed by atoms with Crippen molar-refractivity contribution in [1.82, 2.24) is 20.4 Å². The molecule has 62 valence electrons. The second-order valence-corrected chi connectivity index (χ2v) is 2.90. The van der Waals surface area contributed by atoms with Gasteiger partial charge in [-0.1, -0.05) is 0 Å². The lowest BCUT2D eigenvalue weighted by Crippen LogP contribution is -1.68. The van der Waals surface area contributed by atoms with E-state index in [9.17, 15) is 0 Å². The van der Waals surface area contributed by atoms with Gasteiger partial charge in [0, 0.05) is 10.9 Å². The first-order valence-corrected chi connectivity index (χ1v) is 3.98. The SMILES string of the molecule is c1nnc2ccc3[nH]ncc3cc1-2. The lowest BCUT2D eigenvalue weighted by atomic mass is 10.2. The van der Waals surface area contributed by atoms with Crippen molar-refractivity contribution in [2.24, 2.45) is 0 Å². The maximum Gasteiger partial charge on any atom is 0.0946 e. The van der Waals surface area contributed by atoms with E-state index in [0.717, 1.165) is 22.2 Å². The van der Waals surface area contributed by atoms with Crippen LogP contribution in [-0.4, -0.2) is 20.4 Å². The predicted octanol–water partition coefficient (Wildman–Crippen LogP) is 1.46. The number of aromatic nitrogens is 4. The first kappa shape index (κ1) is 6.54. The first-order chi connectivity index (χ1) is 6.43. The summed E-state index contributed by atoms with van der Waals surface area (Å²) >= 11 is 0. The van der Waals surface area contributed by atoms with Crippen molar-refractivity contribution in [2.75, 3.05) is 0 Å². The number of H-pyrrole nitrogens is 1. The molecule has 0 spiro atoms. The smallest absolute Gasteiger partial charge is 0.0946 e. The minimum absolute atomic E-state index is 0.907. The van der Waals surface area contributed by atoms with Crippen LogP contribution in [0.25, 0.3) is 22.2 Å². The summed E-state index contributed by atoms with van der Waals surface area (Å²) in [4.78, 5) is 0. The van der Waals surface area contributed by atoms with Gasteiger partial charge in [0.15, 0.2) is 0 Å². The van der Waals surface area contributed by atoms with Crippen molar-refractivity contribution in [1.29, 1.82) is 0 Å². The lowest BCUT2D eigenvalue weighted by Gasteiger charge is -1.82. The summed E-state index contributed by atoms with van der Waals surface area (Å²) in [6, 6.07) is 5.91. The van der Waals surface area contributed by atoms with Gasteiger partial charge in [0.05, 0.1) is 23.6 Å². The van der Waals surface area contributed by atoms with E-state index in [2.05, 4.69) is 20.4 Å². The Balaban J connectivity index is 2.51. The van der Waals surface area contributed by atoms with Crippen LogP contribution in [0.2, 0.25) is 0 Å². The van der Waals surface area contributed by atoms with E-state index in [1.54, 1.807) is 12.4 Å².